The van der Waals surface area contributed by atoms with Gasteiger partial charge in [0.25, 0.3) is 5.91 Å². The number of rotatable bonds is 3. The smallest absolute Gasteiger partial charge is 0.252 e. The van der Waals surface area contributed by atoms with Crippen LogP contribution in [0.15, 0.2) is 42.5 Å². The Balaban J connectivity index is 0.00000204. The predicted octanol–water partition coefficient (Wildman–Crippen LogP) is 3.86. The molecule has 1 saturated heterocycles. The van der Waals surface area contributed by atoms with Crippen LogP contribution in [0.3, 0.4) is 0 Å². The normalized spacial score (nSPS) is 15.8. The maximum absolute atomic E-state index is 12.7. The number of aliphatic hydroxyl groups excluding tert-OH is 1. The summed E-state index contributed by atoms with van der Waals surface area (Å²) in [5.74, 6) is 1.17. The Hall–Kier alpha value is -3.19. The summed E-state index contributed by atoms with van der Waals surface area (Å²) in [6.45, 7) is 9.83. The standard InChI is InChI=1S/C25H30N4O3.2H2/c1-16-9-10-17-19(15-16)26-22(18-7-5-6-8-20(18)30)27-23(17)28-11-13-29(14-12-28)24(32)21(31)25(2,3)4;;/h5-10,15,21,30-31H,11-14H2,1-4H3;2*1H/t21-;;/m0../s1. The molecule has 0 aliphatic carbocycles. The Morgan fingerprint density at radius 3 is 2.41 bits per heavy atom. The molecule has 0 bridgehead atoms. The highest BCUT2D eigenvalue weighted by Gasteiger charge is 2.34. The number of hydrogen-bond acceptors (Lipinski definition) is 6. The molecule has 3 aromatic rings. The summed E-state index contributed by atoms with van der Waals surface area (Å²) in [6.07, 6.45) is -1.02. The molecular weight excluding hydrogens is 404 g/mol. The Morgan fingerprint density at radius 2 is 1.75 bits per heavy atom. The number of aromatic hydroxyl groups is 1. The van der Waals surface area contributed by atoms with Crippen molar-refractivity contribution in [3.63, 3.8) is 0 Å². The van der Waals surface area contributed by atoms with Gasteiger partial charge in [0.1, 0.15) is 17.7 Å². The lowest BCUT2D eigenvalue weighted by molar-refractivity contribution is -0.146. The number of phenolic OH excluding ortho intramolecular Hbond substituents is 1. The molecule has 0 spiro atoms. The van der Waals surface area contributed by atoms with E-state index in [2.05, 4.69) is 4.90 Å². The van der Waals surface area contributed by atoms with E-state index in [0.717, 1.165) is 22.3 Å². The van der Waals surface area contributed by atoms with Crippen LogP contribution in [0.1, 0.15) is 29.2 Å². The van der Waals surface area contributed by atoms with E-state index in [9.17, 15) is 15.0 Å². The molecule has 2 heterocycles. The highest BCUT2D eigenvalue weighted by Crippen LogP contribution is 2.32. The van der Waals surface area contributed by atoms with Crippen molar-refractivity contribution in [2.75, 3.05) is 31.1 Å². The van der Waals surface area contributed by atoms with Crippen LogP contribution in [0.2, 0.25) is 0 Å². The number of benzene rings is 2. The van der Waals surface area contributed by atoms with Crippen LogP contribution in [0, 0.1) is 12.3 Å². The molecule has 1 aliphatic heterocycles. The zero-order valence-electron chi connectivity index (χ0n) is 19.0. The molecule has 7 nitrogen and oxygen atoms in total. The third kappa shape index (κ3) is 4.25. The SMILES string of the molecule is Cc1ccc2c(N3CCN(C(=O)[C@H](O)C(C)(C)C)CC3)nc(-c3ccccc3O)nc2c1.[HH].[HH]. The molecule has 172 valence electrons. The molecule has 1 aromatic heterocycles. The molecule has 7 heteroatoms. The Labute approximate surface area is 191 Å². The highest BCUT2D eigenvalue weighted by molar-refractivity contribution is 5.92. The average molecular weight is 439 g/mol. The van der Waals surface area contributed by atoms with Gasteiger partial charge in [0.05, 0.1) is 11.1 Å². The number of aryl methyl sites for hydroxylation is 1. The summed E-state index contributed by atoms with van der Waals surface area (Å²) in [4.78, 5) is 26.1. The molecule has 0 radical (unpaired) electrons. The minimum atomic E-state index is -1.02. The fraction of sp³-hybridized carbons (Fsp3) is 0.400. The van der Waals surface area contributed by atoms with Crippen LogP contribution in [0.25, 0.3) is 22.3 Å². The highest BCUT2D eigenvalue weighted by atomic mass is 16.3. The lowest BCUT2D eigenvalue weighted by Gasteiger charge is -2.38. The van der Waals surface area contributed by atoms with E-state index in [4.69, 9.17) is 9.97 Å². The molecule has 32 heavy (non-hydrogen) atoms. The number of piperazine rings is 1. The second kappa shape index (κ2) is 8.39. The Morgan fingerprint density at radius 1 is 1.06 bits per heavy atom. The molecule has 1 fully saturated rings. The fourth-order valence-electron chi connectivity index (χ4n) is 3.93. The van der Waals surface area contributed by atoms with Crippen molar-refractivity contribution in [2.45, 2.75) is 33.8 Å². The van der Waals surface area contributed by atoms with Crippen LogP contribution in [0.5, 0.6) is 5.75 Å². The maximum Gasteiger partial charge on any atom is 0.252 e. The zero-order chi connectivity index (χ0) is 23.0. The lowest BCUT2D eigenvalue weighted by atomic mass is 9.88. The molecule has 2 aromatic carbocycles. The number of aliphatic hydroxyl groups is 1. The number of nitrogens with zero attached hydrogens (tertiary/aromatic N) is 4. The second-order valence-electron chi connectivity index (χ2n) is 9.49. The summed E-state index contributed by atoms with van der Waals surface area (Å²) in [7, 11) is 0. The second-order valence-corrected chi connectivity index (χ2v) is 9.49. The summed E-state index contributed by atoms with van der Waals surface area (Å²) >= 11 is 0. The van der Waals surface area contributed by atoms with E-state index >= 15 is 0 Å². The third-order valence-corrected chi connectivity index (χ3v) is 5.92. The quantitative estimate of drug-likeness (QED) is 0.645. The van der Waals surface area contributed by atoms with Gasteiger partial charge in [0, 0.05) is 34.4 Å². The van der Waals surface area contributed by atoms with Gasteiger partial charge < -0.3 is 20.0 Å². The molecule has 0 unspecified atom stereocenters. The summed E-state index contributed by atoms with van der Waals surface area (Å²) in [6, 6.07) is 13.1. The maximum atomic E-state index is 12.7. The van der Waals surface area contributed by atoms with Gasteiger partial charge in [-0.3, -0.25) is 4.79 Å². The first kappa shape index (κ1) is 22.0. The summed E-state index contributed by atoms with van der Waals surface area (Å²) < 4.78 is 0. The monoisotopic (exact) mass is 438 g/mol. The minimum absolute atomic E-state index is 0. The lowest BCUT2D eigenvalue weighted by Crippen LogP contribution is -2.53. The topological polar surface area (TPSA) is 89.8 Å². The van der Waals surface area contributed by atoms with Crippen molar-refractivity contribution in [3.8, 4) is 17.1 Å². The van der Waals surface area contributed by atoms with Crippen molar-refractivity contribution in [2.24, 2.45) is 5.41 Å². The van der Waals surface area contributed by atoms with Crippen molar-refractivity contribution in [1.29, 1.82) is 0 Å². The number of carbonyl (C=O) groups excluding carboxylic acids is 1. The number of para-hydroxylation sites is 1. The van der Waals surface area contributed by atoms with Gasteiger partial charge in [-0.25, -0.2) is 9.97 Å². The molecule has 1 atom stereocenters. The average Bonchev–Trinajstić information content (AvgIpc) is 2.77. The third-order valence-electron chi connectivity index (χ3n) is 5.92. The first-order valence-corrected chi connectivity index (χ1v) is 10.9. The van der Waals surface area contributed by atoms with Crippen molar-refractivity contribution in [3.05, 3.63) is 48.0 Å². The van der Waals surface area contributed by atoms with Crippen LogP contribution >= 0.6 is 0 Å². The van der Waals surface area contributed by atoms with Crippen LogP contribution in [-0.2, 0) is 4.79 Å². The van der Waals surface area contributed by atoms with Crippen molar-refractivity contribution < 1.29 is 17.9 Å². The van der Waals surface area contributed by atoms with E-state index < -0.39 is 11.5 Å². The number of hydrogen-bond donors (Lipinski definition) is 2. The van der Waals surface area contributed by atoms with Gasteiger partial charge in [-0.2, -0.15) is 0 Å². The van der Waals surface area contributed by atoms with E-state index in [1.54, 1.807) is 23.1 Å². The Kier molecular flexibility index (Phi) is 5.77. The molecule has 1 amide bonds. The first-order chi connectivity index (χ1) is 15.1. The Bertz CT molecular complexity index is 1160. The van der Waals surface area contributed by atoms with Crippen molar-refractivity contribution >= 4 is 22.6 Å². The minimum Gasteiger partial charge on any atom is -0.507 e. The van der Waals surface area contributed by atoms with E-state index in [0.29, 0.717) is 37.6 Å². The summed E-state index contributed by atoms with van der Waals surface area (Å²) in [5.41, 5.74) is 1.99. The van der Waals surface area contributed by atoms with Crippen LogP contribution in [-0.4, -0.2) is 63.3 Å². The van der Waals surface area contributed by atoms with Crippen molar-refractivity contribution in [1.82, 2.24) is 14.9 Å². The van der Waals surface area contributed by atoms with Gasteiger partial charge in [0.15, 0.2) is 5.82 Å². The van der Waals surface area contributed by atoms with E-state index in [-0.39, 0.29) is 14.5 Å². The number of aromatic nitrogens is 2. The summed E-state index contributed by atoms with van der Waals surface area (Å²) in [5, 5.41) is 21.7. The fourth-order valence-corrected chi connectivity index (χ4v) is 3.93. The molecule has 2 N–H and O–H groups in total. The van der Waals surface area contributed by atoms with Gasteiger partial charge in [0.2, 0.25) is 0 Å². The number of carbonyl (C=O) groups is 1. The van der Waals surface area contributed by atoms with E-state index in [1.165, 1.54) is 0 Å². The van der Waals surface area contributed by atoms with E-state index in [1.807, 2.05) is 52.0 Å². The first-order valence-electron chi connectivity index (χ1n) is 10.9. The zero-order valence-corrected chi connectivity index (χ0v) is 19.0. The van der Waals surface area contributed by atoms with Gasteiger partial charge >= 0.3 is 0 Å². The van der Waals surface area contributed by atoms with Gasteiger partial charge in [-0.1, -0.05) is 39.0 Å². The molecule has 0 saturated carbocycles. The van der Waals surface area contributed by atoms with Crippen LogP contribution < -0.4 is 4.90 Å². The van der Waals surface area contributed by atoms with Crippen LogP contribution in [0.4, 0.5) is 5.82 Å². The number of fused-ring (bicyclic) bond motifs is 1. The number of phenols is 1. The molecule has 1 aliphatic rings. The van der Waals surface area contributed by atoms with Gasteiger partial charge in [-0.05, 0) is 42.2 Å². The number of anilines is 1. The number of amides is 1. The predicted molar refractivity (Wildman–Crippen MR) is 130 cm³/mol. The molecule has 4 rings (SSSR count). The largest absolute Gasteiger partial charge is 0.507 e. The van der Waals surface area contributed by atoms with Gasteiger partial charge in [-0.15, -0.1) is 0 Å². The molecular formula is C25H34N4O3.